The van der Waals surface area contributed by atoms with Gasteiger partial charge in [-0.05, 0) is 6.92 Å². The first-order valence-electron chi connectivity index (χ1n) is 4.77. The highest BCUT2D eigenvalue weighted by molar-refractivity contribution is 5.90. The number of carboxylic acid groups (broad SMARTS) is 1. The van der Waals surface area contributed by atoms with Gasteiger partial charge in [0, 0.05) is 6.54 Å². The summed E-state index contributed by atoms with van der Waals surface area (Å²) < 4.78 is 0. The van der Waals surface area contributed by atoms with E-state index in [1.54, 1.807) is 0 Å². The molecule has 17 heavy (non-hydrogen) atoms. The maximum Gasteiger partial charge on any atom is 0.409 e. The summed E-state index contributed by atoms with van der Waals surface area (Å²) in [5, 5.41) is 21.8. The molecule has 0 aromatic carbocycles. The molecule has 0 bridgehead atoms. The predicted octanol–water partition coefficient (Wildman–Crippen LogP) is -0.323. The SMILES string of the molecule is CC(O)CNC(=O)c1ncc(NC(=O)O)cn1. The Hall–Kier alpha value is -2.22. The minimum atomic E-state index is -1.24. The van der Waals surface area contributed by atoms with Crippen molar-refractivity contribution in [3.05, 3.63) is 18.2 Å². The molecular weight excluding hydrogens is 228 g/mol. The largest absolute Gasteiger partial charge is 0.465 e. The van der Waals surface area contributed by atoms with Crippen LogP contribution in [0.1, 0.15) is 17.5 Å². The summed E-state index contributed by atoms with van der Waals surface area (Å²) in [7, 11) is 0. The van der Waals surface area contributed by atoms with Crippen molar-refractivity contribution in [1.29, 1.82) is 0 Å². The third kappa shape index (κ3) is 4.43. The number of nitrogens with zero attached hydrogens (tertiary/aromatic N) is 2. The zero-order valence-electron chi connectivity index (χ0n) is 9.04. The first kappa shape index (κ1) is 12.8. The van der Waals surface area contributed by atoms with E-state index in [1.807, 2.05) is 5.32 Å². The van der Waals surface area contributed by atoms with Crippen LogP contribution in [0.4, 0.5) is 10.5 Å². The van der Waals surface area contributed by atoms with Gasteiger partial charge in [0.2, 0.25) is 5.82 Å². The highest BCUT2D eigenvalue weighted by Crippen LogP contribution is 2.02. The quantitative estimate of drug-likeness (QED) is 0.571. The topological polar surface area (TPSA) is 124 Å². The van der Waals surface area contributed by atoms with Gasteiger partial charge in [-0.1, -0.05) is 0 Å². The van der Waals surface area contributed by atoms with Crippen LogP contribution in [0.5, 0.6) is 0 Å². The summed E-state index contributed by atoms with van der Waals surface area (Å²) in [6, 6.07) is 0. The van der Waals surface area contributed by atoms with Gasteiger partial charge >= 0.3 is 6.09 Å². The first-order valence-corrected chi connectivity index (χ1v) is 4.77. The van der Waals surface area contributed by atoms with Crippen LogP contribution in [-0.4, -0.2) is 44.8 Å². The van der Waals surface area contributed by atoms with Crippen molar-refractivity contribution in [3.8, 4) is 0 Å². The second-order valence-corrected chi connectivity index (χ2v) is 3.28. The summed E-state index contributed by atoms with van der Waals surface area (Å²) in [4.78, 5) is 29.0. The Kier molecular flexibility index (Phi) is 4.35. The van der Waals surface area contributed by atoms with Gasteiger partial charge in [-0.3, -0.25) is 10.1 Å². The van der Waals surface area contributed by atoms with Crippen molar-refractivity contribution in [2.45, 2.75) is 13.0 Å². The molecule has 1 heterocycles. The van der Waals surface area contributed by atoms with E-state index in [9.17, 15) is 9.59 Å². The predicted molar refractivity (Wildman–Crippen MR) is 57.7 cm³/mol. The second kappa shape index (κ2) is 5.75. The second-order valence-electron chi connectivity index (χ2n) is 3.28. The maximum atomic E-state index is 11.4. The minimum absolute atomic E-state index is 0.0946. The Balaban J connectivity index is 2.60. The van der Waals surface area contributed by atoms with Crippen LogP contribution < -0.4 is 10.6 Å². The number of hydrogen-bond acceptors (Lipinski definition) is 5. The Morgan fingerprint density at radius 3 is 2.47 bits per heavy atom. The van der Waals surface area contributed by atoms with Crippen LogP contribution in [-0.2, 0) is 0 Å². The van der Waals surface area contributed by atoms with Crippen molar-refractivity contribution in [3.63, 3.8) is 0 Å². The summed E-state index contributed by atoms with van der Waals surface area (Å²) in [6.45, 7) is 1.62. The Morgan fingerprint density at radius 2 is 2.00 bits per heavy atom. The molecule has 0 aliphatic heterocycles. The fraction of sp³-hybridized carbons (Fsp3) is 0.333. The summed E-state index contributed by atoms with van der Waals surface area (Å²) in [5.74, 6) is -0.630. The van der Waals surface area contributed by atoms with Gasteiger partial charge in [-0.2, -0.15) is 0 Å². The average Bonchev–Trinajstić information content (AvgIpc) is 2.26. The number of aromatic nitrogens is 2. The molecule has 0 radical (unpaired) electrons. The van der Waals surface area contributed by atoms with E-state index >= 15 is 0 Å². The van der Waals surface area contributed by atoms with Crippen LogP contribution in [0.3, 0.4) is 0 Å². The number of carbonyl (C=O) groups is 2. The van der Waals surface area contributed by atoms with Crippen LogP contribution in [0.25, 0.3) is 0 Å². The van der Waals surface area contributed by atoms with Gasteiger partial charge in [0.05, 0.1) is 24.2 Å². The lowest BCUT2D eigenvalue weighted by Crippen LogP contribution is -2.31. The number of anilines is 1. The molecule has 8 nitrogen and oxygen atoms in total. The van der Waals surface area contributed by atoms with E-state index < -0.39 is 18.1 Å². The molecule has 0 spiro atoms. The van der Waals surface area contributed by atoms with Crippen LogP contribution in [0.15, 0.2) is 12.4 Å². The third-order valence-corrected chi connectivity index (χ3v) is 1.66. The van der Waals surface area contributed by atoms with E-state index in [4.69, 9.17) is 10.2 Å². The number of rotatable bonds is 4. The molecular formula is C9H12N4O4. The standard InChI is InChI=1S/C9H12N4O4/c1-5(14)2-12-8(15)7-10-3-6(4-11-7)13-9(16)17/h3-5,13-14H,2H2,1H3,(H,12,15)(H,16,17). The summed E-state index contributed by atoms with van der Waals surface area (Å²) >= 11 is 0. The van der Waals surface area contributed by atoms with Gasteiger partial charge in [0.1, 0.15) is 0 Å². The Labute approximate surface area is 96.7 Å². The van der Waals surface area contributed by atoms with Gasteiger partial charge < -0.3 is 15.5 Å². The molecule has 1 aromatic heterocycles. The first-order chi connectivity index (χ1) is 7.99. The number of aliphatic hydroxyl groups is 1. The molecule has 1 unspecified atom stereocenters. The van der Waals surface area contributed by atoms with Crippen LogP contribution in [0.2, 0.25) is 0 Å². The minimum Gasteiger partial charge on any atom is -0.465 e. The van der Waals surface area contributed by atoms with E-state index in [2.05, 4.69) is 15.3 Å². The number of nitrogens with one attached hydrogen (secondary N) is 2. The van der Waals surface area contributed by atoms with E-state index in [1.165, 1.54) is 19.3 Å². The summed E-state index contributed by atoms with van der Waals surface area (Å²) in [5.41, 5.74) is 0.171. The molecule has 0 fully saturated rings. The highest BCUT2D eigenvalue weighted by Gasteiger charge is 2.09. The molecule has 0 saturated carbocycles. The lowest BCUT2D eigenvalue weighted by atomic mass is 10.4. The zero-order valence-corrected chi connectivity index (χ0v) is 9.04. The zero-order chi connectivity index (χ0) is 12.8. The van der Waals surface area contributed by atoms with Gasteiger partial charge in [-0.25, -0.2) is 14.8 Å². The van der Waals surface area contributed by atoms with Crippen molar-refractivity contribution in [2.75, 3.05) is 11.9 Å². The van der Waals surface area contributed by atoms with Crippen LogP contribution >= 0.6 is 0 Å². The molecule has 0 aliphatic carbocycles. The van der Waals surface area contributed by atoms with E-state index in [-0.39, 0.29) is 18.1 Å². The van der Waals surface area contributed by atoms with Crippen LogP contribution in [0, 0.1) is 0 Å². The number of amides is 2. The Morgan fingerprint density at radius 1 is 1.41 bits per heavy atom. The average molecular weight is 240 g/mol. The molecule has 0 saturated heterocycles. The van der Waals surface area contributed by atoms with Gasteiger partial charge in [0.25, 0.3) is 5.91 Å². The normalized spacial score (nSPS) is 11.6. The number of aliphatic hydroxyl groups excluding tert-OH is 1. The monoisotopic (exact) mass is 240 g/mol. The molecule has 1 rings (SSSR count). The molecule has 0 aliphatic rings. The molecule has 4 N–H and O–H groups in total. The molecule has 2 amide bonds. The summed E-state index contributed by atoms with van der Waals surface area (Å²) in [6.07, 6.45) is 0.461. The van der Waals surface area contributed by atoms with Crippen molar-refractivity contribution < 1.29 is 19.8 Å². The molecule has 92 valence electrons. The molecule has 1 atom stereocenters. The fourth-order valence-corrected chi connectivity index (χ4v) is 0.953. The van der Waals surface area contributed by atoms with E-state index in [0.717, 1.165) is 0 Å². The maximum absolute atomic E-state index is 11.4. The Bertz CT molecular complexity index is 404. The fourth-order valence-electron chi connectivity index (χ4n) is 0.953. The van der Waals surface area contributed by atoms with Crippen molar-refractivity contribution in [1.82, 2.24) is 15.3 Å². The lowest BCUT2D eigenvalue weighted by molar-refractivity contribution is 0.0913. The highest BCUT2D eigenvalue weighted by atomic mass is 16.4. The lowest BCUT2D eigenvalue weighted by Gasteiger charge is -2.06. The molecule has 8 heteroatoms. The van der Waals surface area contributed by atoms with Crippen molar-refractivity contribution >= 4 is 17.7 Å². The van der Waals surface area contributed by atoms with Gasteiger partial charge in [-0.15, -0.1) is 0 Å². The smallest absolute Gasteiger partial charge is 0.409 e. The van der Waals surface area contributed by atoms with Gasteiger partial charge in [0.15, 0.2) is 0 Å². The molecule has 1 aromatic rings. The number of carbonyl (C=O) groups excluding carboxylic acids is 1. The third-order valence-electron chi connectivity index (χ3n) is 1.66. The number of hydrogen-bond donors (Lipinski definition) is 4. The van der Waals surface area contributed by atoms with E-state index in [0.29, 0.717) is 0 Å². The van der Waals surface area contributed by atoms with Crippen molar-refractivity contribution in [2.24, 2.45) is 0 Å².